The normalized spacial score (nSPS) is 10.7. The van der Waals surface area contributed by atoms with Crippen LogP contribution in [0, 0.1) is 0 Å². The molecule has 4 rings (SSSR count). The third-order valence-corrected chi connectivity index (χ3v) is 3.87. The predicted molar refractivity (Wildman–Crippen MR) is 94.9 cm³/mol. The molecule has 0 aliphatic carbocycles. The van der Waals surface area contributed by atoms with Crippen molar-refractivity contribution in [1.29, 1.82) is 0 Å². The molecule has 0 atom stereocenters. The number of pyridine rings is 1. The zero-order chi connectivity index (χ0) is 17.1. The number of rotatable bonds is 4. The number of amides is 1. The third-order valence-electron chi connectivity index (χ3n) is 3.87. The van der Waals surface area contributed by atoms with E-state index in [0.29, 0.717) is 18.0 Å². The van der Waals surface area contributed by atoms with Crippen molar-refractivity contribution in [2.75, 3.05) is 0 Å². The Bertz CT molecular complexity index is 975. The molecule has 5 nitrogen and oxygen atoms in total. The Kier molecular flexibility index (Phi) is 3.96. The molecule has 0 radical (unpaired) electrons. The first-order valence-corrected chi connectivity index (χ1v) is 7.93. The van der Waals surface area contributed by atoms with Gasteiger partial charge in [0.2, 0.25) is 5.89 Å². The van der Waals surface area contributed by atoms with Crippen molar-refractivity contribution in [1.82, 2.24) is 15.3 Å². The summed E-state index contributed by atoms with van der Waals surface area (Å²) in [4.78, 5) is 20.5. The number of para-hydroxylation sites is 2. The van der Waals surface area contributed by atoms with E-state index in [0.717, 1.165) is 22.2 Å². The summed E-state index contributed by atoms with van der Waals surface area (Å²) in [6, 6.07) is 18.9. The number of nitrogens with zero attached hydrogens (tertiary/aromatic N) is 2. The second kappa shape index (κ2) is 6.57. The van der Waals surface area contributed by atoms with Crippen LogP contribution in [0.2, 0.25) is 0 Å². The first-order valence-electron chi connectivity index (χ1n) is 7.93. The maximum absolute atomic E-state index is 12.0. The Labute approximate surface area is 144 Å². The summed E-state index contributed by atoms with van der Waals surface area (Å²) < 4.78 is 5.76. The Morgan fingerprint density at radius 2 is 1.84 bits per heavy atom. The molecule has 0 aliphatic heterocycles. The molecule has 2 heterocycles. The molecular formula is C20H15N3O2. The topological polar surface area (TPSA) is 68.0 Å². The van der Waals surface area contributed by atoms with E-state index >= 15 is 0 Å². The minimum Gasteiger partial charge on any atom is -0.436 e. The molecule has 25 heavy (non-hydrogen) atoms. The fourth-order valence-corrected chi connectivity index (χ4v) is 2.54. The summed E-state index contributed by atoms with van der Waals surface area (Å²) in [5.41, 5.74) is 4.05. The van der Waals surface area contributed by atoms with Crippen LogP contribution in [0.3, 0.4) is 0 Å². The minimum absolute atomic E-state index is 0.142. The lowest BCUT2D eigenvalue weighted by Crippen LogP contribution is -2.22. The van der Waals surface area contributed by atoms with Crippen molar-refractivity contribution in [2.24, 2.45) is 0 Å². The van der Waals surface area contributed by atoms with Gasteiger partial charge in [0.25, 0.3) is 5.91 Å². The Hall–Kier alpha value is -3.47. The van der Waals surface area contributed by atoms with Gasteiger partial charge in [-0.2, -0.15) is 0 Å². The quantitative estimate of drug-likeness (QED) is 0.618. The zero-order valence-electron chi connectivity index (χ0n) is 13.3. The second-order valence-electron chi connectivity index (χ2n) is 5.61. The predicted octanol–water partition coefficient (Wildman–Crippen LogP) is 3.82. The largest absolute Gasteiger partial charge is 0.436 e. The molecule has 0 spiro atoms. The zero-order valence-corrected chi connectivity index (χ0v) is 13.3. The summed E-state index contributed by atoms with van der Waals surface area (Å²) in [6.07, 6.45) is 3.19. The summed E-state index contributed by atoms with van der Waals surface area (Å²) in [5.74, 6) is 0.447. The number of aromatic nitrogens is 2. The first kappa shape index (κ1) is 15.1. The van der Waals surface area contributed by atoms with E-state index in [1.54, 1.807) is 24.5 Å². The van der Waals surface area contributed by atoms with Crippen molar-refractivity contribution >= 4 is 17.0 Å². The summed E-state index contributed by atoms with van der Waals surface area (Å²) in [7, 11) is 0. The van der Waals surface area contributed by atoms with Gasteiger partial charge in [0.05, 0.1) is 5.56 Å². The van der Waals surface area contributed by atoms with E-state index in [1.165, 1.54) is 0 Å². The molecule has 1 N–H and O–H groups in total. The smallest absolute Gasteiger partial charge is 0.253 e. The second-order valence-corrected chi connectivity index (χ2v) is 5.61. The monoisotopic (exact) mass is 329 g/mol. The number of benzene rings is 2. The number of carbonyl (C=O) groups excluding carboxylic acids is 1. The molecule has 5 heteroatoms. The van der Waals surface area contributed by atoms with Crippen molar-refractivity contribution in [3.8, 4) is 11.5 Å². The number of hydrogen-bond donors (Lipinski definition) is 1. The first-order chi connectivity index (χ1) is 12.3. The van der Waals surface area contributed by atoms with Gasteiger partial charge >= 0.3 is 0 Å². The lowest BCUT2D eigenvalue weighted by Gasteiger charge is -2.05. The highest BCUT2D eigenvalue weighted by atomic mass is 16.3. The van der Waals surface area contributed by atoms with E-state index < -0.39 is 0 Å². The molecule has 2 aromatic carbocycles. The Morgan fingerprint density at radius 1 is 1.00 bits per heavy atom. The van der Waals surface area contributed by atoms with Crippen LogP contribution in [0.4, 0.5) is 0 Å². The van der Waals surface area contributed by atoms with E-state index in [1.807, 2.05) is 48.5 Å². The van der Waals surface area contributed by atoms with Gasteiger partial charge in [-0.3, -0.25) is 9.78 Å². The van der Waals surface area contributed by atoms with Gasteiger partial charge in [-0.05, 0) is 42.0 Å². The van der Waals surface area contributed by atoms with Gasteiger partial charge in [0.1, 0.15) is 5.52 Å². The molecule has 122 valence electrons. The number of carbonyl (C=O) groups is 1. The van der Waals surface area contributed by atoms with Gasteiger partial charge in [0.15, 0.2) is 5.58 Å². The van der Waals surface area contributed by atoms with E-state index in [4.69, 9.17) is 4.42 Å². The van der Waals surface area contributed by atoms with Gasteiger partial charge in [-0.1, -0.05) is 24.3 Å². The Morgan fingerprint density at radius 3 is 2.60 bits per heavy atom. The number of hydrogen-bond acceptors (Lipinski definition) is 4. The van der Waals surface area contributed by atoms with E-state index in [9.17, 15) is 4.79 Å². The van der Waals surface area contributed by atoms with E-state index in [-0.39, 0.29) is 5.91 Å². The highest BCUT2D eigenvalue weighted by Gasteiger charge is 2.08. The molecule has 1 amide bonds. The standard InChI is InChI=1S/C20H15N3O2/c24-19(16-4-3-11-21-13-16)22-12-14-7-9-15(10-8-14)20-23-17-5-1-2-6-18(17)25-20/h1-11,13H,12H2,(H,22,24). The SMILES string of the molecule is O=C(NCc1ccc(-c2nc3ccccc3o2)cc1)c1cccnc1. The van der Waals surface area contributed by atoms with Crippen LogP contribution in [-0.4, -0.2) is 15.9 Å². The Balaban J connectivity index is 1.46. The third kappa shape index (κ3) is 3.26. The fourth-order valence-electron chi connectivity index (χ4n) is 2.54. The maximum Gasteiger partial charge on any atom is 0.253 e. The average molecular weight is 329 g/mol. The molecule has 0 bridgehead atoms. The number of nitrogens with one attached hydrogen (secondary N) is 1. The van der Waals surface area contributed by atoms with Crippen LogP contribution in [0.1, 0.15) is 15.9 Å². The summed E-state index contributed by atoms with van der Waals surface area (Å²) >= 11 is 0. The van der Waals surface area contributed by atoms with E-state index in [2.05, 4.69) is 15.3 Å². The van der Waals surface area contributed by atoms with Gasteiger partial charge < -0.3 is 9.73 Å². The molecule has 0 saturated heterocycles. The van der Waals surface area contributed by atoms with Crippen LogP contribution < -0.4 is 5.32 Å². The minimum atomic E-state index is -0.142. The van der Waals surface area contributed by atoms with Crippen LogP contribution in [0.5, 0.6) is 0 Å². The van der Waals surface area contributed by atoms with Gasteiger partial charge in [-0.15, -0.1) is 0 Å². The fraction of sp³-hybridized carbons (Fsp3) is 0.0500. The highest BCUT2D eigenvalue weighted by molar-refractivity contribution is 5.93. The highest BCUT2D eigenvalue weighted by Crippen LogP contribution is 2.24. The van der Waals surface area contributed by atoms with Crippen molar-refractivity contribution in [2.45, 2.75) is 6.54 Å². The van der Waals surface area contributed by atoms with Crippen molar-refractivity contribution in [3.63, 3.8) is 0 Å². The molecule has 4 aromatic rings. The molecule has 0 aliphatic rings. The van der Waals surface area contributed by atoms with Crippen LogP contribution in [-0.2, 0) is 6.54 Å². The number of oxazole rings is 1. The molecule has 0 fully saturated rings. The summed E-state index contributed by atoms with van der Waals surface area (Å²) in [5, 5.41) is 2.88. The van der Waals surface area contributed by atoms with Crippen LogP contribution >= 0.6 is 0 Å². The van der Waals surface area contributed by atoms with Crippen molar-refractivity contribution in [3.05, 3.63) is 84.2 Å². The molecule has 2 aromatic heterocycles. The van der Waals surface area contributed by atoms with Crippen molar-refractivity contribution < 1.29 is 9.21 Å². The molecule has 0 unspecified atom stereocenters. The maximum atomic E-state index is 12.0. The lowest BCUT2D eigenvalue weighted by atomic mass is 10.1. The molecular weight excluding hydrogens is 314 g/mol. The van der Waals surface area contributed by atoms with Crippen LogP contribution in [0.15, 0.2) is 77.5 Å². The summed E-state index contributed by atoms with van der Waals surface area (Å²) in [6.45, 7) is 0.446. The van der Waals surface area contributed by atoms with Crippen LogP contribution in [0.25, 0.3) is 22.6 Å². The van der Waals surface area contributed by atoms with Gasteiger partial charge in [-0.25, -0.2) is 4.98 Å². The average Bonchev–Trinajstić information content (AvgIpc) is 3.11. The molecule has 0 saturated carbocycles. The number of fused-ring (bicyclic) bond motifs is 1. The lowest BCUT2D eigenvalue weighted by molar-refractivity contribution is 0.0950. The van der Waals surface area contributed by atoms with Gasteiger partial charge in [0, 0.05) is 24.5 Å².